The molecule has 0 aliphatic carbocycles. The largest absolute Gasteiger partial charge is 0.494 e. The lowest BCUT2D eigenvalue weighted by Gasteiger charge is -2.37. The monoisotopic (exact) mass is 482 g/mol. The molecular weight excluding hydrogens is 456 g/mol. The molecule has 0 bridgehead atoms. The topological polar surface area (TPSA) is 63.4 Å². The van der Waals surface area contributed by atoms with Crippen LogP contribution >= 0.6 is 23.8 Å². The average Bonchev–Trinajstić information content (AvgIpc) is 3.29. The third kappa shape index (κ3) is 5.04. The number of allylic oxidation sites excluding steroid dienone is 1. The van der Waals surface area contributed by atoms with Gasteiger partial charge in [0, 0.05) is 22.8 Å². The lowest BCUT2D eigenvalue weighted by atomic mass is 9.94. The molecule has 1 N–H and O–H groups in total. The molecule has 2 aromatic carbocycles. The Morgan fingerprint density at radius 2 is 1.97 bits per heavy atom. The van der Waals surface area contributed by atoms with Crippen molar-refractivity contribution in [2.75, 3.05) is 13.2 Å². The zero-order valence-corrected chi connectivity index (χ0v) is 20.5. The summed E-state index contributed by atoms with van der Waals surface area (Å²) in [5.74, 6) is 1.78. The van der Waals surface area contributed by atoms with Crippen molar-refractivity contribution in [1.29, 1.82) is 0 Å². The van der Waals surface area contributed by atoms with Crippen molar-refractivity contribution < 1.29 is 9.26 Å². The molecule has 1 aliphatic rings. The van der Waals surface area contributed by atoms with Crippen LogP contribution in [0.4, 0.5) is 0 Å². The molecule has 1 aromatic heterocycles. The van der Waals surface area contributed by atoms with Crippen LogP contribution in [0.1, 0.15) is 51.1 Å². The molecular formula is C25H27ClN4O2S. The Balaban J connectivity index is 1.75. The van der Waals surface area contributed by atoms with E-state index in [0.717, 1.165) is 47.5 Å². The minimum atomic E-state index is -0.247. The van der Waals surface area contributed by atoms with Gasteiger partial charge in [-0.05, 0) is 74.4 Å². The SMILES string of the molecule is CCCCN1C(=S)NC(c2cccc(Cl)c2)C(c2nc(-c3ccc(OCC)cc3)no2)=C1C. The summed E-state index contributed by atoms with van der Waals surface area (Å²) in [4.78, 5) is 6.86. The Kier molecular flexibility index (Phi) is 7.30. The molecule has 6 nitrogen and oxygen atoms in total. The van der Waals surface area contributed by atoms with Gasteiger partial charge in [0.1, 0.15) is 5.75 Å². The number of nitrogens with one attached hydrogen (secondary N) is 1. The van der Waals surface area contributed by atoms with Crippen LogP contribution in [-0.4, -0.2) is 33.3 Å². The fraction of sp³-hybridized carbons (Fsp3) is 0.320. The second-order valence-electron chi connectivity index (χ2n) is 7.82. The first-order valence-corrected chi connectivity index (χ1v) is 11.9. The number of ether oxygens (including phenoxy) is 1. The van der Waals surface area contributed by atoms with E-state index in [1.54, 1.807) is 0 Å². The van der Waals surface area contributed by atoms with Crippen molar-refractivity contribution >= 4 is 34.5 Å². The first-order chi connectivity index (χ1) is 16.0. The highest BCUT2D eigenvalue weighted by molar-refractivity contribution is 7.80. The molecule has 0 amide bonds. The van der Waals surface area contributed by atoms with E-state index in [1.807, 2.05) is 55.5 Å². The van der Waals surface area contributed by atoms with E-state index < -0.39 is 0 Å². The first kappa shape index (κ1) is 23.3. The summed E-state index contributed by atoms with van der Waals surface area (Å²) in [6.07, 6.45) is 2.09. The van der Waals surface area contributed by atoms with Gasteiger partial charge in [0.2, 0.25) is 5.82 Å². The van der Waals surface area contributed by atoms with Crippen molar-refractivity contribution in [3.63, 3.8) is 0 Å². The van der Waals surface area contributed by atoms with Crippen LogP contribution < -0.4 is 10.1 Å². The number of aromatic nitrogens is 2. The molecule has 4 rings (SSSR count). The smallest absolute Gasteiger partial charge is 0.258 e. The molecule has 1 atom stereocenters. The van der Waals surface area contributed by atoms with Crippen LogP contribution in [0.2, 0.25) is 5.02 Å². The number of unbranched alkanes of at least 4 members (excludes halogenated alkanes) is 1. The second-order valence-corrected chi connectivity index (χ2v) is 8.65. The molecule has 0 radical (unpaired) electrons. The van der Waals surface area contributed by atoms with Crippen molar-refractivity contribution in [1.82, 2.24) is 20.4 Å². The standard InChI is InChI=1S/C25H27ClN4O2S/c1-4-6-14-30-16(3)21(22(27-25(30)33)18-8-7-9-19(26)15-18)24-28-23(29-32-24)17-10-12-20(13-11-17)31-5-2/h7-13,15,22H,4-6,14H2,1-3H3,(H,27,33). The maximum Gasteiger partial charge on any atom is 0.258 e. The van der Waals surface area contributed by atoms with Crippen molar-refractivity contribution in [2.24, 2.45) is 0 Å². The highest BCUT2D eigenvalue weighted by Crippen LogP contribution is 2.38. The van der Waals surface area contributed by atoms with Gasteiger partial charge < -0.3 is 19.5 Å². The minimum Gasteiger partial charge on any atom is -0.494 e. The van der Waals surface area contributed by atoms with Crippen LogP contribution in [-0.2, 0) is 0 Å². The molecule has 0 fully saturated rings. The van der Waals surface area contributed by atoms with Crippen molar-refractivity contribution in [3.05, 3.63) is 70.7 Å². The van der Waals surface area contributed by atoms with E-state index >= 15 is 0 Å². The highest BCUT2D eigenvalue weighted by Gasteiger charge is 2.34. The van der Waals surface area contributed by atoms with Gasteiger partial charge in [0.05, 0.1) is 18.2 Å². The maximum atomic E-state index is 6.30. The summed E-state index contributed by atoms with van der Waals surface area (Å²) in [6, 6.07) is 15.1. The number of thiocarbonyl (C=S) groups is 1. The third-order valence-corrected chi connectivity index (χ3v) is 6.17. The van der Waals surface area contributed by atoms with E-state index in [1.165, 1.54) is 0 Å². The number of nitrogens with zero attached hydrogens (tertiary/aromatic N) is 3. The summed E-state index contributed by atoms with van der Waals surface area (Å²) < 4.78 is 11.3. The van der Waals surface area contributed by atoms with Crippen molar-refractivity contribution in [3.8, 4) is 17.1 Å². The van der Waals surface area contributed by atoms with Gasteiger partial charge in [-0.15, -0.1) is 0 Å². The van der Waals surface area contributed by atoms with Gasteiger partial charge in [-0.1, -0.05) is 42.2 Å². The molecule has 2 heterocycles. The van der Waals surface area contributed by atoms with Gasteiger partial charge >= 0.3 is 0 Å². The van der Waals surface area contributed by atoms with E-state index in [2.05, 4.69) is 29.2 Å². The summed E-state index contributed by atoms with van der Waals surface area (Å²) in [6.45, 7) is 7.61. The van der Waals surface area contributed by atoms with Gasteiger partial charge in [0.15, 0.2) is 5.11 Å². The van der Waals surface area contributed by atoms with Crippen molar-refractivity contribution in [2.45, 2.75) is 39.7 Å². The molecule has 3 aromatic rings. The molecule has 0 spiro atoms. The van der Waals surface area contributed by atoms with Crippen LogP contribution in [0.15, 0.2) is 58.8 Å². The maximum absolute atomic E-state index is 6.30. The van der Waals surface area contributed by atoms with Crippen LogP contribution in [0.5, 0.6) is 5.75 Å². The zero-order chi connectivity index (χ0) is 23.4. The molecule has 0 saturated carbocycles. The van der Waals surface area contributed by atoms with Gasteiger partial charge in [-0.25, -0.2) is 0 Å². The fourth-order valence-corrected chi connectivity index (χ4v) is 4.44. The molecule has 172 valence electrons. The van der Waals surface area contributed by atoms with Crippen LogP contribution in [0.3, 0.4) is 0 Å². The normalized spacial score (nSPS) is 16.2. The lowest BCUT2D eigenvalue weighted by Crippen LogP contribution is -2.46. The predicted molar refractivity (Wildman–Crippen MR) is 135 cm³/mol. The van der Waals surface area contributed by atoms with Gasteiger partial charge in [0.25, 0.3) is 5.89 Å². The Bertz CT molecular complexity index is 1160. The summed E-state index contributed by atoms with van der Waals surface area (Å²) in [5, 5.41) is 9.06. The zero-order valence-electron chi connectivity index (χ0n) is 19.0. The predicted octanol–water partition coefficient (Wildman–Crippen LogP) is 6.25. The average molecular weight is 483 g/mol. The lowest BCUT2D eigenvalue weighted by molar-refractivity contribution is 0.340. The molecule has 8 heteroatoms. The van der Waals surface area contributed by atoms with E-state index in [4.69, 9.17) is 38.1 Å². The third-order valence-electron chi connectivity index (χ3n) is 5.59. The summed E-state index contributed by atoms with van der Waals surface area (Å²) in [5.41, 5.74) is 3.73. The summed E-state index contributed by atoms with van der Waals surface area (Å²) >= 11 is 12.0. The number of rotatable bonds is 8. The van der Waals surface area contributed by atoms with Gasteiger partial charge in [-0.2, -0.15) is 4.98 Å². The van der Waals surface area contributed by atoms with E-state index in [0.29, 0.717) is 28.5 Å². The van der Waals surface area contributed by atoms with Crippen LogP contribution in [0, 0.1) is 0 Å². The summed E-state index contributed by atoms with van der Waals surface area (Å²) in [7, 11) is 0. The Morgan fingerprint density at radius 1 is 1.18 bits per heavy atom. The molecule has 1 aliphatic heterocycles. The quantitative estimate of drug-likeness (QED) is 0.380. The molecule has 0 saturated heterocycles. The van der Waals surface area contributed by atoms with E-state index in [9.17, 15) is 0 Å². The Labute approximate surface area is 204 Å². The molecule has 1 unspecified atom stereocenters. The highest BCUT2D eigenvalue weighted by atomic mass is 35.5. The number of hydrogen-bond donors (Lipinski definition) is 1. The Hall–Kier alpha value is -2.90. The molecule has 33 heavy (non-hydrogen) atoms. The number of benzene rings is 2. The number of halogens is 1. The fourth-order valence-electron chi connectivity index (χ4n) is 3.90. The Morgan fingerprint density at radius 3 is 2.67 bits per heavy atom. The van der Waals surface area contributed by atoms with E-state index in [-0.39, 0.29) is 6.04 Å². The minimum absolute atomic E-state index is 0.247. The second kappa shape index (κ2) is 10.4. The van der Waals surface area contributed by atoms with Crippen LogP contribution in [0.25, 0.3) is 17.0 Å². The number of hydrogen-bond acceptors (Lipinski definition) is 5. The van der Waals surface area contributed by atoms with Gasteiger partial charge in [-0.3, -0.25) is 0 Å². The first-order valence-electron chi connectivity index (χ1n) is 11.1.